The zero-order valence-corrected chi connectivity index (χ0v) is 17.3. The fourth-order valence-corrected chi connectivity index (χ4v) is 4.71. The average molecular weight is 413 g/mol. The van der Waals surface area contributed by atoms with Gasteiger partial charge in [-0.05, 0) is 42.3 Å². The highest BCUT2D eigenvalue weighted by Crippen LogP contribution is 2.38. The standard InChI is InChI=1S/C25H17ClN2S/c1-16-24(29-25(27-16)18-10-6-3-7-11-18)23-15-20(17-8-4-2-5-9-17)21-14-19(26)12-13-22(21)28-23/h2-15H,1H3. The van der Waals surface area contributed by atoms with Crippen molar-refractivity contribution >= 4 is 33.8 Å². The van der Waals surface area contributed by atoms with Crippen molar-refractivity contribution in [3.05, 3.63) is 95.6 Å². The summed E-state index contributed by atoms with van der Waals surface area (Å²) in [6.07, 6.45) is 0. The van der Waals surface area contributed by atoms with E-state index in [1.165, 1.54) is 0 Å². The van der Waals surface area contributed by atoms with E-state index in [1.54, 1.807) is 11.3 Å². The zero-order valence-electron chi connectivity index (χ0n) is 15.8. The number of halogens is 1. The summed E-state index contributed by atoms with van der Waals surface area (Å²) in [6.45, 7) is 2.05. The van der Waals surface area contributed by atoms with Gasteiger partial charge in [-0.1, -0.05) is 72.3 Å². The van der Waals surface area contributed by atoms with Crippen molar-refractivity contribution in [3.8, 4) is 32.3 Å². The molecular formula is C25H17ClN2S. The van der Waals surface area contributed by atoms with Crippen LogP contribution in [0.1, 0.15) is 5.69 Å². The lowest BCUT2D eigenvalue weighted by Gasteiger charge is -2.10. The number of thiazole rings is 1. The van der Waals surface area contributed by atoms with Crippen molar-refractivity contribution in [2.75, 3.05) is 0 Å². The van der Waals surface area contributed by atoms with Crippen LogP contribution in [-0.4, -0.2) is 9.97 Å². The van der Waals surface area contributed by atoms with Crippen LogP contribution >= 0.6 is 22.9 Å². The molecule has 2 nitrogen and oxygen atoms in total. The number of aromatic nitrogens is 2. The summed E-state index contributed by atoms with van der Waals surface area (Å²) in [4.78, 5) is 10.9. The molecule has 2 aromatic heterocycles. The van der Waals surface area contributed by atoms with E-state index in [9.17, 15) is 0 Å². The van der Waals surface area contributed by atoms with Crippen LogP contribution in [0.4, 0.5) is 0 Å². The molecule has 0 amide bonds. The Morgan fingerprint density at radius 1 is 0.759 bits per heavy atom. The lowest BCUT2D eigenvalue weighted by atomic mass is 9.99. The second kappa shape index (κ2) is 7.43. The summed E-state index contributed by atoms with van der Waals surface area (Å²) >= 11 is 7.98. The largest absolute Gasteiger partial charge is 0.247 e. The van der Waals surface area contributed by atoms with Gasteiger partial charge >= 0.3 is 0 Å². The molecule has 0 saturated heterocycles. The number of pyridine rings is 1. The van der Waals surface area contributed by atoms with Crippen molar-refractivity contribution < 1.29 is 0 Å². The molecule has 5 aromatic rings. The van der Waals surface area contributed by atoms with Crippen molar-refractivity contribution in [1.29, 1.82) is 0 Å². The molecule has 0 fully saturated rings. The zero-order chi connectivity index (χ0) is 19.8. The second-order valence-corrected chi connectivity index (χ2v) is 8.32. The van der Waals surface area contributed by atoms with Crippen LogP contribution in [0.15, 0.2) is 84.9 Å². The topological polar surface area (TPSA) is 25.8 Å². The molecule has 0 unspecified atom stereocenters. The Morgan fingerprint density at radius 3 is 2.17 bits per heavy atom. The molecule has 0 bridgehead atoms. The Bertz CT molecular complexity index is 1310. The molecule has 29 heavy (non-hydrogen) atoms. The normalized spacial score (nSPS) is 11.1. The molecule has 0 saturated carbocycles. The number of nitrogens with zero attached hydrogens (tertiary/aromatic N) is 2. The predicted molar refractivity (Wildman–Crippen MR) is 123 cm³/mol. The highest BCUT2D eigenvalue weighted by atomic mass is 35.5. The minimum atomic E-state index is 0.713. The molecular weight excluding hydrogens is 396 g/mol. The van der Waals surface area contributed by atoms with Crippen molar-refractivity contribution in [2.24, 2.45) is 0 Å². The van der Waals surface area contributed by atoms with Gasteiger partial charge in [-0.15, -0.1) is 11.3 Å². The van der Waals surface area contributed by atoms with E-state index >= 15 is 0 Å². The van der Waals surface area contributed by atoms with E-state index in [1.807, 2.05) is 49.4 Å². The number of fused-ring (bicyclic) bond motifs is 1. The van der Waals surface area contributed by atoms with E-state index in [2.05, 4.69) is 42.5 Å². The van der Waals surface area contributed by atoms with Gasteiger partial charge in [-0.3, -0.25) is 0 Å². The van der Waals surface area contributed by atoms with Gasteiger partial charge in [0, 0.05) is 16.0 Å². The molecule has 0 radical (unpaired) electrons. The molecule has 3 aromatic carbocycles. The number of aryl methyl sites for hydroxylation is 1. The Balaban J connectivity index is 1.73. The van der Waals surface area contributed by atoms with Gasteiger partial charge in [-0.25, -0.2) is 9.97 Å². The first-order valence-electron chi connectivity index (χ1n) is 9.38. The first-order valence-corrected chi connectivity index (χ1v) is 10.6. The van der Waals surface area contributed by atoms with Crippen molar-refractivity contribution in [1.82, 2.24) is 9.97 Å². The molecule has 140 valence electrons. The first-order chi connectivity index (χ1) is 14.2. The number of hydrogen-bond acceptors (Lipinski definition) is 3. The van der Waals surface area contributed by atoms with E-state index in [4.69, 9.17) is 21.6 Å². The lowest BCUT2D eigenvalue weighted by Crippen LogP contribution is -1.90. The molecule has 4 heteroatoms. The Kier molecular flexibility index (Phi) is 4.62. The molecule has 0 spiro atoms. The third-order valence-electron chi connectivity index (χ3n) is 4.91. The predicted octanol–water partition coefficient (Wildman–Crippen LogP) is 7.65. The number of benzene rings is 3. The lowest BCUT2D eigenvalue weighted by molar-refractivity contribution is 1.26. The Hall–Kier alpha value is -3.01. The molecule has 0 aliphatic heterocycles. The van der Waals surface area contributed by atoms with Gasteiger partial charge in [0.05, 0.1) is 21.8 Å². The summed E-state index contributed by atoms with van der Waals surface area (Å²) in [5, 5.41) is 2.78. The van der Waals surface area contributed by atoms with Crippen molar-refractivity contribution in [2.45, 2.75) is 6.92 Å². The summed E-state index contributed by atoms with van der Waals surface area (Å²) in [7, 11) is 0. The van der Waals surface area contributed by atoms with E-state index in [0.717, 1.165) is 48.9 Å². The fourth-order valence-electron chi connectivity index (χ4n) is 3.51. The molecule has 0 aliphatic carbocycles. The quantitative estimate of drug-likeness (QED) is 0.304. The monoisotopic (exact) mass is 412 g/mol. The van der Waals surface area contributed by atoms with Crippen LogP contribution in [0.3, 0.4) is 0 Å². The molecule has 5 rings (SSSR count). The minimum absolute atomic E-state index is 0.713. The summed E-state index contributed by atoms with van der Waals surface area (Å²) < 4.78 is 0. The van der Waals surface area contributed by atoms with Gasteiger partial charge < -0.3 is 0 Å². The van der Waals surface area contributed by atoms with E-state index < -0.39 is 0 Å². The summed E-state index contributed by atoms with van der Waals surface area (Å²) in [6, 6.07) is 28.7. The van der Waals surface area contributed by atoms with E-state index in [0.29, 0.717) is 5.02 Å². The van der Waals surface area contributed by atoms with Crippen LogP contribution < -0.4 is 0 Å². The van der Waals surface area contributed by atoms with Crippen LogP contribution in [0.5, 0.6) is 0 Å². The maximum atomic E-state index is 6.30. The highest BCUT2D eigenvalue weighted by Gasteiger charge is 2.16. The number of hydrogen-bond donors (Lipinski definition) is 0. The maximum absolute atomic E-state index is 6.30. The van der Waals surface area contributed by atoms with Gasteiger partial charge in [0.1, 0.15) is 5.01 Å². The third kappa shape index (κ3) is 3.44. The molecule has 0 atom stereocenters. The van der Waals surface area contributed by atoms with Crippen molar-refractivity contribution in [3.63, 3.8) is 0 Å². The van der Waals surface area contributed by atoms with Gasteiger partial charge in [0.2, 0.25) is 0 Å². The van der Waals surface area contributed by atoms with Crippen LogP contribution in [-0.2, 0) is 0 Å². The average Bonchev–Trinajstić information content (AvgIpc) is 3.16. The third-order valence-corrected chi connectivity index (χ3v) is 6.37. The van der Waals surface area contributed by atoms with Gasteiger partial charge in [-0.2, -0.15) is 0 Å². The fraction of sp³-hybridized carbons (Fsp3) is 0.0400. The van der Waals surface area contributed by atoms with Crippen LogP contribution in [0.25, 0.3) is 43.2 Å². The first kappa shape index (κ1) is 18.0. The molecule has 2 heterocycles. The van der Waals surface area contributed by atoms with Gasteiger partial charge in [0.25, 0.3) is 0 Å². The van der Waals surface area contributed by atoms with E-state index in [-0.39, 0.29) is 0 Å². The molecule has 0 N–H and O–H groups in total. The van der Waals surface area contributed by atoms with Crippen LogP contribution in [0, 0.1) is 6.92 Å². The smallest absolute Gasteiger partial charge is 0.124 e. The highest BCUT2D eigenvalue weighted by molar-refractivity contribution is 7.18. The Labute approximate surface area is 178 Å². The Morgan fingerprint density at radius 2 is 1.45 bits per heavy atom. The second-order valence-electron chi connectivity index (χ2n) is 6.88. The minimum Gasteiger partial charge on any atom is -0.247 e. The SMILES string of the molecule is Cc1nc(-c2ccccc2)sc1-c1cc(-c2ccccc2)c2cc(Cl)ccc2n1. The summed E-state index contributed by atoms with van der Waals surface area (Å²) in [5.41, 5.74) is 6.27. The van der Waals surface area contributed by atoms with Crippen LogP contribution in [0.2, 0.25) is 5.02 Å². The summed E-state index contributed by atoms with van der Waals surface area (Å²) in [5.74, 6) is 0. The number of rotatable bonds is 3. The maximum Gasteiger partial charge on any atom is 0.124 e. The van der Waals surface area contributed by atoms with Gasteiger partial charge in [0.15, 0.2) is 0 Å². The molecule has 0 aliphatic rings.